The molecule has 0 atom stereocenters. The maximum atomic E-state index is 12.0. The lowest BCUT2D eigenvalue weighted by Crippen LogP contribution is -2.17. The number of nitrogens with one attached hydrogen (secondary N) is 1. The normalized spacial score (nSPS) is 10.9. The standard InChI is InChI=1S/C14H12BrN3O2/c1-20-10-4-2-9(3-5-10)8-18-12-6-13(15)16-7-11(12)17-14(18)19/h2-7H,8H2,1H3,(H,17,19). The summed E-state index contributed by atoms with van der Waals surface area (Å²) in [6, 6.07) is 9.48. The molecule has 0 fully saturated rings. The van der Waals surface area contributed by atoms with E-state index in [0.717, 1.165) is 22.3 Å². The zero-order valence-corrected chi connectivity index (χ0v) is 12.3. The molecule has 1 N–H and O–H groups in total. The van der Waals surface area contributed by atoms with Gasteiger partial charge in [-0.2, -0.15) is 0 Å². The van der Waals surface area contributed by atoms with Crippen molar-refractivity contribution in [1.82, 2.24) is 14.5 Å². The van der Waals surface area contributed by atoms with E-state index in [2.05, 4.69) is 25.9 Å². The highest BCUT2D eigenvalue weighted by Gasteiger charge is 2.08. The minimum atomic E-state index is -0.143. The first-order chi connectivity index (χ1) is 9.67. The van der Waals surface area contributed by atoms with Crippen LogP contribution in [0.5, 0.6) is 5.75 Å². The fraction of sp³-hybridized carbons (Fsp3) is 0.143. The van der Waals surface area contributed by atoms with Gasteiger partial charge in [-0.1, -0.05) is 12.1 Å². The fourth-order valence-electron chi connectivity index (χ4n) is 2.10. The van der Waals surface area contributed by atoms with E-state index < -0.39 is 0 Å². The van der Waals surface area contributed by atoms with Crippen molar-refractivity contribution >= 4 is 27.0 Å². The van der Waals surface area contributed by atoms with Gasteiger partial charge in [-0.15, -0.1) is 0 Å². The Morgan fingerprint density at radius 2 is 2.10 bits per heavy atom. The Balaban J connectivity index is 2.03. The van der Waals surface area contributed by atoms with Crippen LogP contribution in [0.3, 0.4) is 0 Å². The summed E-state index contributed by atoms with van der Waals surface area (Å²) in [7, 11) is 1.63. The average molecular weight is 334 g/mol. The summed E-state index contributed by atoms with van der Waals surface area (Å²) in [6.45, 7) is 0.499. The lowest BCUT2D eigenvalue weighted by Gasteiger charge is -2.05. The number of imidazole rings is 1. The van der Waals surface area contributed by atoms with Crippen LogP contribution in [0.1, 0.15) is 5.56 Å². The van der Waals surface area contributed by atoms with Crippen LogP contribution >= 0.6 is 15.9 Å². The Kier molecular flexibility index (Phi) is 3.31. The summed E-state index contributed by atoms with van der Waals surface area (Å²) < 4.78 is 7.51. The predicted octanol–water partition coefficient (Wildman–Crippen LogP) is 2.54. The Bertz CT molecular complexity index is 805. The van der Waals surface area contributed by atoms with E-state index in [-0.39, 0.29) is 5.69 Å². The van der Waals surface area contributed by atoms with Crippen molar-refractivity contribution in [3.05, 3.63) is 57.2 Å². The maximum absolute atomic E-state index is 12.0. The number of rotatable bonds is 3. The molecule has 0 aliphatic heterocycles. The quantitative estimate of drug-likeness (QED) is 0.749. The molecule has 3 aromatic rings. The van der Waals surface area contributed by atoms with Crippen molar-refractivity contribution in [2.24, 2.45) is 0 Å². The first kappa shape index (κ1) is 12.9. The summed E-state index contributed by atoms with van der Waals surface area (Å²) in [5.41, 5.74) is 2.44. The highest BCUT2D eigenvalue weighted by atomic mass is 79.9. The van der Waals surface area contributed by atoms with Crippen LogP contribution in [-0.4, -0.2) is 21.6 Å². The van der Waals surface area contributed by atoms with Gasteiger partial charge in [0, 0.05) is 0 Å². The smallest absolute Gasteiger partial charge is 0.326 e. The third-order valence-electron chi connectivity index (χ3n) is 3.13. The Labute approximate surface area is 123 Å². The molecular formula is C14H12BrN3O2. The molecule has 5 nitrogen and oxygen atoms in total. The SMILES string of the molecule is COc1ccc(Cn2c(=O)[nH]c3cnc(Br)cc32)cc1. The summed E-state index contributed by atoms with van der Waals surface area (Å²) in [5, 5.41) is 0. The highest BCUT2D eigenvalue weighted by molar-refractivity contribution is 9.10. The van der Waals surface area contributed by atoms with Gasteiger partial charge in [-0.05, 0) is 39.7 Å². The van der Waals surface area contributed by atoms with Crippen molar-refractivity contribution in [2.75, 3.05) is 7.11 Å². The van der Waals surface area contributed by atoms with Crippen molar-refractivity contribution in [2.45, 2.75) is 6.54 Å². The number of benzene rings is 1. The van der Waals surface area contributed by atoms with E-state index in [4.69, 9.17) is 4.74 Å². The number of pyridine rings is 1. The van der Waals surface area contributed by atoms with Crippen LogP contribution in [0, 0.1) is 0 Å². The summed E-state index contributed by atoms with van der Waals surface area (Å²) in [5.74, 6) is 0.798. The number of aromatic amines is 1. The molecule has 102 valence electrons. The molecular weight excluding hydrogens is 322 g/mol. The van der Waals surface area contributed by atoms with Crippen molar-refractivity contribution in [1.29, 1.82) is 0 Å². The van der Waals surface area contributed by atoms with Crippen LogP contribution in [0.2, 0.25) is 0 Å². The zero-order chi connectivity index (χ0) is 14.1. The maximum Gasteiger partial charge on any atom is 0.326 e. The van der Waals surface area contributed by atoms with Crippen LogP contribution < -0.4 is 10.4 Å². The minimum absolute atomic E-state index is 0.143. The molecule has 1 aromatic carbocycles. The van der Waals surface area contributed by atoms with Crippen LogP contribution in [-0.2, 0) is 6.54 Å². The van der Waals surface area contributed by atoms with Gasteiger partial charge in [0.2, 0.25) is 0 Å². The number of hydrogen-bond acceptors (Lipinski definition) is 3. The number of hydrogen-bond donors (Lipinski definition) is 1. The Morgan fingerprint density at radius 1 is 1.35 bits per heavy atom. The summed E-state index contributed by atoms with van der Waals surface area (Å²) >= 11 is 3.32. The van der Waals surface area contributed by atoms with Crippen LogP contribution in [0.4, 0.5) is 0 Å². The molecule has 20 heavy (non-hydrogen) atoms. The van der Waals surface area contributed by atoms with Gasteiger partial charge in [0.1, 0.15) is 10.4 Å². The molecule has 0 radical (unpaired) electrons. The van der Waals surface area contributed by atoms with Gasteiger partial charge in [-0.3, -0.25) is 4.57 Å². The fourth-order valence-corrected chi connectivity index (χ4v) is 2.42. The zero-order valence-electron chi connectivity index (χ0n) is 10.8. The lowest BCUT2D eigenvalue weighted by atomic mass is 10.2. The lowest BCUT2D eigenvalue weighted by molar-refractivity contribution is 0.414. The number of fused-ring (bicyclic) bond motifs is 1. The monoisotopic (exact) mass is 333 g/mol. The Hall–Kier alpha value is -2.08. The molecule has 3 rings (SSSR count). The van der Waals surface area contributed by atoms with E-state index in [1.54, 1.807) is 17.9 Å². The number of nitrogens with zero attached hydrogens (tertiary/aromatic N) is 2. The first-order valence-corrected chi connectivity index (χ1v) is 6.83. The second kappa shape index (κ2) is 5.13. The highest BCUT2D eigenvalue weighted by Crippen LogP contribution is 2.17. The average Bonchev–Trinajstić information content (AvgIpc) is 2.76. The third kappa shape index (κ3) is 2.34. The molecule has 6 heteroatoms. The molecule has 2 aromatic heterocycles. The molecule has 2 heterocycles. The minimum Gasteiger partial charge on any atom is -0.497 e. The molecule has 0 unspecified atom stereocenters. The molecule has 0 saturated heterocycles. The summed E-state index contributed by atoms with van der Waals surface area (Å²) in [4.78, 5) is 18.9. The van der Waals surface area contributed by atoms with Crippen molar-refractivity contribution in [3.63, 3.8) is 0 Å². The molecule has 0 aliphatic rings. The van der Waals surface area contributed by atoms with E-state index in [1.807, 2.05) is 30.3 Å². The van der Waals surface area contributed by atoms with E-state index in [0.29, 0.717) is 11.1 Å². The van der Waals surface area contributed by atoms with E-state index >= 15 is 0 Å². The number of methoxy groups -OCH3 is 1. The molecule has 0 aliphatic carbocycles. The molecule has 0 spiro atoms. The third-order valence-corrected chi connectivity index (χ3v) is 3.56. The number of aromatic nitrogens is 3. The molecule has 0 saturated carbocycles. The van der Waals surface area contributed by atoms with E-state index in [1.165, 1.54) is 0 Å². The summed E-state index contributed by atoms with van der Waals surface area (Å²) in [6.07, 6.45) is 1.64. The number of ether oxygens (including phenoxy) is 1. The van der Waals surface area contributed by atoms with Gasteiger partial charge < -0.3 is 9.72 Å². The van der Waals surface area contributed by atoms with E-state index in [9.17, 15) is 4.79 Å². The van der Waals surface area contributed by atoms with Crippen molar-refractivity contribution in [3.8, 4) is 5.75 Å². The van der Waals surface area contributed by atoms with Gasteiger partial charge in [0.25, 0.3) is 0 Å². The van der Waals surface area contributed by atoms with Gasteiger partial charge in [0.15, 0.2) is 0 Å². The predicted molar refractivity (Wildman–Crippen MR) is 80.1 cm³/mol. The topological polar surface area (TPSA) is 59.9 Å². The second-order valence-electron chi connectivity index (χ2n) is 4.39. The number of halogens is 1. The van der Waals surface area contributed by atoms with Crippen LogP contribution in [0.25, 0.3) is 11.0 Å². The second-order valence-corrected chi connectivity index (χ2v) is 5.20. The van der Waals surface area contributed by atoms with Crippen molar-refractivity contribution < 1.29 is 4.74 Å². The largest absolute Gasteiger partial charge is 0.497 e. The van der Waals surface area contributed by atoms with Crippen LogP contribution in [0.15, 0.2) is 45.9 Å². The van der Waals surface area contributed by atoms with Gasteiger partial charge in [0.05, 0.1) is 30.9 Å². The Morgan fingerprint density at radius 3 is 2.80 bits per heavy atom. The van der Waals surface area contributed by atoms with Gasteiger partial charge >= 0.3 is 5.69 Å². The van der Waals surface area contributed by atoms with Gasteiger partial charge in [-0.25, -0.2) is 9.78 Å². The molecule has 0 amide bonds. The number of H-pyrrole nitrogens is 1. The first-order valence-electron chi connectivity index (χ1n) is 6.04. The molecule has 0 bridgehead atoms.